The molecule has 0 aliphatic heterocycles. The highest BCUT2D eigenvalue weighted by Gasteiger charge is 2.44. The van der Waals surface area contributed by atoms with Crippen LogP contribution in [-0.4, -0.2) is 17.6 Å². The summed E-state index contributed by atoms with van der Waals surface area (Å²) in [7, 11) is 0. The van der Waals surface area contributed by atoms with Crippen molar-refractivity contribution >= 4 is 17.5 Å². The Morgan fingerprint density at radius 3 is 2.54 bits per heavy atom. The molecule has 0 radical (unpaired) electrons. The van der Waals surface area contributed by atoms with Crippen LogP contribution in [0.4, 0.5) is 13.2 Å². The number of rotatable bonds is 5. The second kappa shape index (κ2) is 7.29. The van der Waals surface area contributed by atoms with Crippen LogP contribution in [0.5, 0.6) is 0 Å². The topological polar surface area (TPSA) is 49.3 Å². The monoisotopic (exact) mass is 383 g/mol. The molecule has 1 aliphatic rings. The Hall–Kier alpha value is -2.05. The number of aliphatic hydroxyl groups is 1. The summed E-state index contributed by atoms with van der Waals surface area (Å²) in [6, 6.07) is 12.1. The number of aliphatic hydroxyl groups excluding tert-OH is 1. The quantitative estimate of drug-likeness (QED) is 0.808. The fourth-order valence-corrected chi connectivity index (χ4v) is 3.36. The van der Waals surface area contributed by atoms with Gasteiger partial charge in [0.1, 0.15) is 0 Å². The Morgan fingerprint density at radius 2 is 1.85 bits per heavy atom. The third kappa shape index (κ3) is 4.02. The molecule has 2 aromatic carbocycles. The molecule has 1 amide bonds. The Morgan fingerprint density at radius 1 is 1.19 bits per heavy atom. The Kier molecular flexibility index (Phi) is 5.25. The first-order valence-electron chi connectivity index (χ1n) is 8.15. The SMILES string of the molecule is O=C(NC[C@H](O)c1ccccc1C(F)(F)F)[C@@H]1C[C@@H]1c1ccccc1Cl. The molecule has 2 N–H and O–H groups in total. The van der Waals surface area contributed by atoms with Gasteiger partial charge in [0.05, 0.1) is 11.7 Å². The lowest BCUT2D eigenvalue weighted by atomic mass is 10.0. The summed E-state index contributed by atoms with van der Waals surface area (Å²) in [4.78, 5) is 12.2. The predicted octanol–water partition coefficient (Wildman–Crippen LogP) is 4.31. The molecule has 3 nitrogen and oxygen atoms in total. The molecule has 26 heavy (non-hydrogen) atoms. The molecule has 1 saturated carbocycles. The van der Waals surface area contributed by atoms with E-state index >= 15 is 0 Å². The number of carbonyl (C=O) groups is 1. The van der Waals surface area contributed by atoms with E-state index in [2.05, 4.69) is 5.32 Å². The number of hydrogen-bond donors (Lipinski definition) is 2. The summed E-state index contributed by atoms with van der Waals surface area (Å²) in [6.07, 6.45) is -5.37. The molecule has 0 bridgehead atoms. The van der Waals surface area contributed by atoms with Crippen molar-refractivity contribution in [2.75, 3.05) is 6.54 Å². The minimum absolute atomic E-state index is 0.00306. The van der Waals surface area contributed by atoms with Gasteiger partial charge < -0.3 is 10.4 Å². The molecule has 3 rings (SSSR count). The molecule has 2 aromatic rings. The van der Waals surface area contributed by atoms with Crippen LogP contribution in [0.3, 0.4) is 0 Å². The van der Waals surface area contributed by atoms with Crippen molar-refractivity contribution in [2.45, 2.75) is 24.6 Å². The zero-order valence-corrected chi connectivity index (χ0v) is 14.4. The van der Waals surface area contributed by atoms with Gasteiger partial charge in [-0.1, -0.05) is 48.0 Å². The number of nitrogens with one attached hydrogen (secondary N) is 1. The number of amides is 1. The first-order chi connectivity index (χ1) is 12.3. The van der Waals surface area contributed by atoms with E-state index in [9.17, 15) is 23.1 Å². The molecule has 0 aromatic heterocycles. The van der Waals surface area contributed by atoms with Gasteiger partial charge in [-0.15, -0.1) is 0 Å². The lowest BCUT2D eigenvalue weighted by Gasteiger charge is -2.18. The van der Waals surface area contributed by atoms with E-state index in [1.54, 1.807) is 12.1 Å². The van der Waals surface area contributed by atoms with Gasteiger partial charge in [-0.25, -0.2) is 0 Å². The van der Waals surface area contributed by atoms with Crippen molar-refractivity contribution in [3.63, 3.8) is 0 Å². The fraction of sp³-hybridized carbons (Fsp3) is 0.316. The van der Waals surface area contributed by atoms with Gasteiger partial charge >= 0.3 is 6.18 Å². The van der Waals surface area contributed by atoms with Crippen molar-refractivity contribution in [3.8, 4) is 0 Å². The minimum atomic E-state index is -4.56. The average Bonchev–Trinajstić information content (AvgIpc) is 3.39. The van der Waals surface area contributed by atoms with E-state index in [4.69, 9.17) is 11.6 Å². The molecule has 3 atom stereocenters. The zero-order chi connectivity index (χ0) is 18.9. The average molecular weight is 384 g/mol. The summed E-state index contributed by atoms with van der Waals surface area (Å²) >= 11 is 6.12. The summed E-state index contributed by atoms with van der Waals surface area (Å²) in [5.74, 6) is -0.568. The number of halogens is 4. The Balaban J connectivity index is 1.60. The molecule has 1 fully saturated rings. The third-order valence-electron chi connectivity index (χ3n) is 4.53. The number of alkyl halides is 3. The molecular weight excluding hydrogens is 367 g/mol. The van der Waals surface area contributed by atoms with Crippen LogP contribution in [0, 0.1) is 5.92 Å². The second-order valence-electron chi connectivity index (χ2n) is 6.32. The fourth-order valence-electron chi connectivity index (χ4n) is 3.09. The normalized spacial score (nSPS) is 20.5. The summed E-state index contributed by atoms with van der Waals surface area (Å²) in [5, 5.41) is 13.2. The Labute approximate surface area is 153 Å². The predicted molar refractivity (Wildman–Crippen MR) is 91.7 cm³/mol. The lowest BCUT2D eigenvalue weighted by molar-refractivity contribution is -0.139. The van der Waals surface area contributed by atoms with Gasteiger partial charge in [-0.2, -0.15) is 13.2 Å². The molecule has 0 spiro atoms. The van der Waals surface area contributed by atoms with Gasteiger partial charge in [0.15, 0.2) is 0 Å². The van der Waals surface area contributed by atoms with Crippen LogP contribution < -0.4 is 5.32 Å². The number of hydrogen-bond acceptors (Lipinski definition) is 2. The van der Waals surface area contributed by atoms with E-state index in [1.165, 1.54) is 18.2 Å². The summed E-state index contributed by atoms with van der Waals surface area (Å²) in [6.45, 7) is -0.280. The van der Waals surface area contributed by atoms with Crippen LogP contribution >= 0.6 is 11.6 Å². The summed E-state index contributed by atoms with van der Waals surface area (Å²) < 4.78 is 39.0. The largest absolute Gasteiger partial charge is 0.416 e. The molecule has 0 saturated heterocycles. The van der Waals surface area contributed by atoms with Crippen LogP contribution in [0.1, 0.15) is 35.1 Å². The molecule has 138 valence electrons. The van der Waals surface area contributed by atoms with Crippen LogP contribution in [-0.2, 0) is 11.0 Å². The summed E-state index contributed by atoms with van der Waals surface area (Å²) in [5.41, 5.74) is -0.266. The molecule has 0 heterocycles. The van der Waals surface area contributed by atoms with Crippen LogP contribution in [0.2, 0.25) is 5.02 Å². The molecular formula is C19H17ClF3NO2. The highest BCUT2D eigenvalue weighted by molar-refractivity contribution is 6.31. The van der Waals surface area contributed by atoms with Crippen molar-refractivity contribution in [2.24, 2.45) is 5.92 Å². The third-order valence-corrected chi connectivity index (χ3v) is 4.87. The van der Waals surface area contributed by atoms with E-state index in [-0.39, 0.29) is 29.9 Å². The van der Waals surface area contributed by atoms with Gasteiger partial charge in [0, 0.05) is 17.5 Å². The van der Waals surface area contributed by atoms with Gasteiger partial charge in [0.2, 0.25) is 5.91 Å². The Bertz CT molecular complexity index is 809. The van der Waals surface area contributed by atoms with Crippen molar-refractivity contribution in [3.05, 3.63) is 70.2 Å². The van der Waals surface area contributed by atoms with Gasteiger partial charge in [-0.05, 0) is 35.6 Å². The van der Waals surface area contributed by atoms with Crippen molar-refractivity contribution in [1.82, 2.24) is 5.32 Å². The van der Waals surface area contributed by atoms with E-state index in [1.807, 2.05) is 12.1 Å². The zero-order valence-electron chi connectivity index (χ0n) is 13.6. The van der Waals surface area contributed by atoms with Crippen LogP contribution in [0.25, 0.3) is 0 Å². The van der Waals surface area contributed by atoms with E-state index in [0.29, 0.717) is 11.4 Å². The van der Waals surface area contributed by atoms with Crippen molar-refractivity contribution in [1.29, 1.82) is 0 Å². The maximum Gasteiger partial charge on any atom is 0.416 e. The van der Waals surface area contributed by atoms with E-state index in [0.717, 1.165) is 11.6 Å². The standard InChI is InChI=1S/C19H17ClF3NO2/c20-16-8-4-2-5-11(16)13-9-14(13)18(26)24-10-17(25)12-6-1-3-7-15(12)19(21,22)23/h1-8,13-14,17,25H,9-10H2,(H,24,26)/t13-,14-,17+/m1/s1. The van der Waals surface area contributed by atoms with Crippen molar-refractivity contribution < 1.29 is 23.1 Å². The maximum absolute atomic E-state index is 13.0. The number of carbonyl (C=O) groups excluding carboxylic acids is 1. The van der Waals surface area contributed by atoms with Gasteiger partial charge in [-0.3, -0.25) is 4.79 Å². The highest BCUT2D eigenvalue weighted by atomic mass is 35.5. The number of benzene rings is 2. The maximum atomic E-state index is 13.0. The van der Waals surface area contributed by atoms with E-state index < -0.39 is 17.8 Å². The molecule has 1 aliphatic carbocycles. The smallest absolute Gasteiger partial charge is 0.387 e. The second-order valence-corrected chi connectivity index (χ2v) is 6.72. The van der Waals surface area contributed by atoms with Crippen LogP contribution in [0.15, 0.2) is 48.5 Å². The first-order valence-corrected chi connectivity index (χ1v) is 8.53. The minimum Gasteiger partial charge on any atom is -0.387 e. The first kappa shape index (κ1) is 18.7. The molecule has 0 unspecified atom stereocenters. The lowest BCUT2D eigenvalue weighted by Crippen LogP contribution is -2.30. The molecule has 7 heteroatoms. The van der Waals surface area contributed by atoms with Gasteiger partial charge in [0.25, 0.3) is 0 Å². The highest BCUT2D eigenvalue weighted by Crippen LogP contribution is 2.49.